The predicted molar refractivity (Wildman–Crippen MR) is 69.8 cm³/mol. The van der Waals surface area contributed by atoms with Crippen molar-refractivity contribution in [1.29, 1.82) is 0 Å². The van der Waals surface area contributed by atoms with Crippen molar-refractivity contribution in [3.05, 3.63) is 35.6 Å². The zero-order valence-electron chi connectivity index (χ0n) is 10.8. The normalized spacial score (nSPS) is 22.9. The lowest BCUT2D eigenvalue weighted by atomic mass is 10.0. The summed E-state index contributed by atoms with van der Waals surface area (Å²) in [6, 6.07) is 6.81. The molecule has 1 aromatic carbocycles. The molecule has 2 rings (SSSR count). The van der Waals surface area contributed by atoms with Crippen LogP contribution in [0.5, 0.6) is 0 Å². The molecule has 4 heteroatoms. The Labute approximate surface area is 108 Å². The largest absolute Gasteiger partial charge is 0.380 e. The van der Waals surface area contributed by atoms with E-state index in [9.17, 15) is 4.39 Å². The third-order valence-electron chi connectivity index (χ3n) is 3.64. The van der Waals surface area contributed by atoms with Crippen molar-refractivity contribution in [2.45, 2.75) is 25.0 Å². The monoisotopic (exact) mass is 252 g/mol. The lowest BCUT2D eigenvalue weighted by molar-refractivity contribution is 0.0154. The minimum atomic E-state index is -0.203. The van der Waals surface area contributed by atoms with Crippen LogP contribution in [-0.4, -0.2) is 37.7 Å². The molecule has 0 amide bonds. The summed E-state index contributed by atoms with van der Waals surface area (Å²) in [4.78, 5) is 2.30. The lowest BCUT2D eigenvalue weighted by Gasteiger charge is -2.37. The van der Waals surface area contributed by atoms with Crippen molar-refractivity contribution in [3.8, 4) is 0 Å². The number of halogens is 1. The summed E-state index contributed by atoms with van der Waals surface area (Å²) >= 11 is 0. The quantitative estimate of drug-likeness (QED) is 0.890. The highest BCUT2D eigenvalue weighted by molar-refractivity contribution is 5.20. The van der Waals surface area contributed by atoms with Gasteiger partial charge in [0.1, 0.15) is 5.82 Å². The molecule has 0 bridgehead atoms. The Hall–Kier alpha value is -0.970. The highest BCUT2D eigenvalue weighted by atomic mass is 19.1. The maximum Gasteiger partial charge on any atom is 0.123 e. The van der Waals surface area contributed by atoms with Gasteiger partial charge in [-0.3, -0.25) is 4.90 Å². The Bertz CT molecular complexity index is 386. The van der Waals surface area contributed by atoms with Crippen LogP contribution in [0, 0.1) is 5.82 Å². The number of ether oxygens (including phenoxy) is 1. The lowest BCUT2D eigenvalue weighted by Crippen LogP contribution is -2.43. The van der Waals surface area contributed by atoms with Crippen LogP contribution >= 0.6 is 0 Å². The van der Waals surface area contributed by atoms with E-state index in [1.165, 1.54) is 6.07 Å². The summed E-state index contributed by atoms with van der Waals surface area (Å²) in [5.41, 5.74) is 6.82. The average Bonchev–Trinajstić information content (AvgIpc) is 2.40. The number of nitrogens with zero attached hydrogens (tertiary/aromatic N) is 1. The van der Waals surface area contributed by atoms with Crippen LogP contribution in [0.1, 0.15) is 24.4 Å². The van der Waals surface area contributed by atoms with Crippen molar-refractivity contribution in [3.63, 3.8) is 0 Å². The Morgan fingerprint density at radius 1 is 1.56 bits per heavy atom. The molecule has 0 radical (unpaired) electrons. The maximum atomic E-state index is 13.3. The van der Waals surface area contributed by atoms with E-state index in [1.807, 2.05) is 6.07 Å². The zero-order chi connectivity index (χ0) is 13.0. The maximum absolute atomic E-state index is 13.3. The van der Waals surface area contributed by atoms with Crippen LogP contribution in [0.25, 0.3) is 0 Å². The van der Waals surface area contributed by atoms with Gasteiger partial charge in [0, 0.05) is 26.2 Å². The van der Waals surface area contributed by atoms with Gasteiger partial charge in [0.25, 0.3) is 0 Å². The number of benzene rings is 1. The molecule has 1 aromatic rings. The van der Waals surface area contributed by atoms with E-state index in [0.717, 1.165) is 31.5 Å². The topological polar surface area (TPSA) is 38.5 Å². The van der Waals surface area contributed by atoms with Crippen molar-refractivity contribution in [2.75, 3.05) is 26.7 Å². The van der Waals surface area contributed by atoms with Crippen molar-refractivity contribution >= 4 is 0 Å². The van der Waals surface area contributed by atoms with E-state index in [0.29, 0.717) is 6.54 Å². The Balaban J connectivity index is 2.12. The van der Waals surface area contributed by atoms with Gasteiger partial charge in [-0.15, -0.1) is 0 Å². The van der Waals surface area contributed by atoms with Gasteiger partial charge in [0.15, 0.2) is 0 Å². The minimum Gasteiger partial charge on any atom is -0.380 e. The van der Waals surface area contributed by atoms with Crippen LogP contribution in [0.2, 0.25) is 0 Å². The molecule has 0 aromatic heterocycles. The second-order valence-corrected chi connectivity index (χ2v) is 4.80. The molecule has 0 spiro atoms. The number of likely N-dealkylation sites (tertiary alicyclic amines) is 1. The second kappa shape index (κ2) is 6.27. The number of rotatable bonds is 4. The molecule has 1 saturated heterocycles. The van der Waals surface area contributed by atoms with Crippen LogP contribution in [0.3, 0.4) is 0 Å². The fourth-order valence-corrected chi connectivity index (χ4v) is 2.65. The van der Waals surface area contributed by atoms with Crippen LogP contribution < -0.4 is 5.73 Å². The predicted octanol–water partition coefficient (Wildman–Crippen LogP) is 1.94. The molecule has 3 nitrogen and oxygen atoms in total. The first-order valence-electron chi connectivity index (χ1n) is 6.47. The summed E-state index contributed by atoms with van der Waals surface area (Å²) < 4.78 is 18.7. The molecule has 100 valence electrons. The van der Waals surface area contributed by atoms with Gasteiger partial charge in [-0.2, -0.15) is 0 Å². The summed E-state index contributed by atoms with van der Waals surface area (Å²) in [6.45, 7) is 2.37. The minimum absolute atomic E-state index is 0.0821. The number of nitrogens with two attached hydrogens (primary N) is 1. The summed E-state index contributed by atoms with van der Waals surface area (Å²) in [6.07, 6.45) is 2.46. The van der Waals surface area contributed by atoms with Crippen LogP contribution in [-0.2, 0) is 4.74 Å². The van der Waals surface area contributed by atoms with E-state index < -0.39 is 0 Å². The smallest absolute Gasteiger partial charge is 0.123 e. The van der Waals surface area contributed by atoms with E-state index in [-0.39, 0.29) is 18.0 Å². The second-order valence-electron chi connectivity index (χ2n) is 4.80. The molecule has 2 unspecified atom stereocenters. The first-order valence-corrected chi connectivity index (χ1v) is 6.47. The first-order chi connectivity index (χ1) is 8.74. The van der Waals surface area contributed by atoms with Gasteiger partial charge in [-0.25, -0.2) is 4.39 Å². The fourth-order valence-electron chi connectivity index (χ4n) is 2.65. The molecule has 1 fully saturated rings. The molecule has 2 atom stereocenters. The van der Waals surface area contributed by atoms with E-state index in [4.69, 9.17) is 10.5 Å². The van der Waals surface area contributed by atoms with E-state index in [2.05, 4.69) is 4.90 Å². The van der Waals surface area contributed by atoms with Crippen molar-refractivity contribution < 1.29 is 9.13 Å². The summed E-state index contributed by atoms with van der Waals surface area (Å²) in [7, 11) is 1.74. The molecule has 1 aliphatic heterocycles. The Kier molecular flexibility index (Phi) is 4.69. The van der Waals surface area contributed by atoms with Gasteiger partial charge >= 0.3 is 0 Å². The van der Waals surface area contributed by atoms with Gasteiger partial charge in [0.2, 0.25) is 0 Å². The highest BCUT2D eigenvalue weighted by Crippen LogP contribution is 2.25. The number of hydrogen-bond acceptors (Lipinski definition) is 3. The number of hydrogen-bond donors (Lipinski definition) is 1. The van der Waals surface area contributed by atoms with E-state index >= 15 is 0 Å². The molecule has 1 heterocycles. The molecular formula is C14H21FN2O. The molecule has 2 N–H and O–H groups in total. The molecule has 0 aliphatic carbocycles. The Morgan fingerprint density at radius 2 is 2.39 bits per heavy atom. The summed E-state index contributed by atoms with van der Waals surface area (Å²) in [5.74, 6) is -0.203. The molecule has 0 saturated carbocycles. The van der Waals surface area contributed by atoms with Gasteiger partial charge in [0.05, 0.1) is 6.10 Å². The standard InChI is InChI=1S/C14H21FN2O/c1-18-13-6-3-7-17(10-13)14(9-16)11-4-2-5-12(15)8-11/h2,4-5,8,13-14H,3,6-7,9-10,16H2,1H3. The third kappa shape index (κ3) is 3.07. The molecule has 1 aliphatic rings. The SMILES string of the molecule is COC1CCCN(C(CN)c2cccc(F)c2)C1. The van der Waals surface area contributed by atoms with Gasteiger partial charge in [-0.05, 0) is 37.1 Å². The molecular weight excluding hydrogens is 231 g/mol. The zero-order valence-corrected chi connectivity index (χ0v) is 10.8. The first kappa shape index (κ1) is 13.5. The molecule has 18 heavy (non-hydrogen) atoms. The van der Waals surface area contributed by atoms with Crippen molar-refractivity contribution in [1.82, 2.24) is 4.90 Å². The average molecular weight is 252 g/mol. The fraction of sp³-hybridized carbons (Fsp3) is 0.571. The van der Waals surface area contributed by atoms with Crippen molar-refractivity contribution in [2.24, 2.45) is 5.73 Å². The van der Waals surface area contributed by atoms with Gasteiger partial charge < -0.3 is 10.5 Å². The van der Waals surface area contributed by atoms with Crippen LogP contribution in [0.15, 0.2) is 24.3 Å². The van der Waals surface area contributed by atoms with Crippen LogP contribution in [0.4, 0.5) is 4.39 Å². The Morgan fingerprint density at radius 3 is 3.06 bits per heavy atom. The van der Waals surface area contributed by atoms with E-state index in [1.54, 1.807) is 19.2 Å². The van der Waals surface area contributed by atoms with Gasteiger partial charge in [-0.1, -0.05) is 12.1 Å². The third-order valence-corrected chi connectivity index (χ3v) is 3.64. The highest BCUT2D eigenvalue weighted by Gasteiger charge is 2.26. The number of piperidine rings is 1. The summed E-state index contributed by atoms with van der Waals surface area (Å²) in [5, 5.41) is 0. The number of methoxy groups -OCH3 is 1.